The van der Waals surface area contributed by atoms with Crippen molar-refractivity contribution in [3.05, 3.63) is 71.0 Å². The van der Waals surface area contributed by atoms with Gasteiger partial charge in [-0.05, 0) is 50.6 Å². The summed E-state index contributed by atoms with van der Waals surface area (Å²) in [6, 6.07) is 14.0. The fourth-order valence-electron chi connectivity index (χ4n) is 3.25. The number of rotatable bonds is 11. The molecular weight excluding hydrogens is 466 g/mol. The third-order valence-electron chi connectivity index (χ3n) is 4.95. The van der Waals surface area contributed by atoms with Gasteiger partial charge >= 0.3 is 5.97 Å². The standard InChI is InChI=1S/C25H29N5O4S/c1-4-12-34-24(33)19-10-7-11-20(14-19)27-22(31)16-35-25-29-28-21(30(25)5-2)15-26-23(32)18-9-6-8-17(3)13-18/h6-11,13-14H,4-5,12,15-16H2,1-3H3,(H,26,32)(H,27,31). The van der Waals surface area contributed by atoms with Crippen LogP contribution >= 0.6 is 11.8 Å². The molecule has 0 atom stereocenters. The molecule has 3 rings (SSSR count). The number of benzene rings is 2. The van der Waals surface area contributed by atoms with Crippen molar-refractivity contribution >= 4 is 35.2 Å². The quantitative estimate of drug-likeness (QED) is 0.307. The Hall–Kier alpha value is -3.66. The maximum absolute atomic E-state index is 12.5. The fourth-order valence-corrected chi connectivity index (χ4v) is 4.07. The van der Waals surface area contributed by atoms with Gasteiger partial charge in [-0.15, -0.1) is 10.2 Å². The predicted octanol–water partition coefficient (Wildman–Crippen LogP) is 3.83. The summed E-state index contributed by atoms with van der Waals surface area (Å²) in [6.07, 6.45) is 0.739. The van der Waals surface area contributed by atoms with Crippen LogP contribution in [0.25, 0.3) is 0 Å². The van der Waals surface area contributed by atoms with Crippen LogP contribution in [0.3, 0.4) is 0 Å². The molecular formula is C25H29N5O4S. The average Bonchev–Trinajstić information content (AvgIpc) is 3.26. The highest BCUT2D eigenvalue weighted by molar-refractivity contribution is 7.99. The number of anilines is 1. The number of amides is 2. The van der Waals surface area contributed by atoms with Crippen LogP contribution in [-0.4, -0.2) is 44.9 Å². The van der Waals surface area contributed by atoms with Crippen LogP contribution in [-0.2, 0) is 22.6 Å². The highest BCUT2D eigenvalue weighted by Crippen LogP contribution is 2.18. The minimum Gasteiger partial charge on any atom is -0.462 e. The van der Waals surface area contributed by atoms with E-state index in [4.69, 9.17) is 4.74 Å². The first kappa shape index (κ1) is 26.0. The molecule has 1 aromatic heterocycles. The van der Waals surface area contributed by atoms with Crippen molar-refractivity contribution in [1.82, 2.24) is 20.1 Å². The Morgan fingerprint density at radius 2 is 1.80 bits per heavy atom. The largest absolute Gasteiger partial charge is 0.462 e. The van der Waals surface area contributed by atoms with Crippen molar-refractivity contribution < 1.29 is 19.1 Å². The Morgan fingerprint density at radius 3 is 2.54 bits per heavy atom. The lowest BCUT2D eigenvalue weighted by atomic mass is 10.1. The number of thioether (sulfide) groups is 1. The van der Waals surface area contributed by atoms with E-state index in [0.29, 0.717) is 40.9 Å². The Labute approximate surface area is 208 Å². The van der Waals surface area contributed by atoms with Gasteiger partial charge in [0.15, 0.2) is 11.0 Å². The Balaban J connectivity index is 1.55. The molecule has 9 nitrogen and oxygen atoms in total. The second-order valence-corrected chi connectivity index (χ2v) is 8.69. The molecule has 0 spiro atoms. The summed E-state index contributed by atoms with van der Waals surface area (Å²) in [7, 11) is 0. The zero-order valence-corrected chi connectivity index (χ0v) is 20.9. The first-order chi connectivity index (χ1) is 16.9. The molecule has 0 bridgehead atoms. The first-order valence-electron chi connectivity index (χ1n) is 11.4. The summed E-state index contributed by atoms with van der Waals surface area (Å²) in [4.78, 5) is 36.9. The number of esters is 1. The average molecular weight is 496 g/mol. The molecule has 0 aliphatic heterocycles. The number of carbonyl (C=O) groups excluding carboxylic acids is 3. The van der Waals surface area contributed by atoms with E-state index in [9.17, 15) is 14.4 Å². The molecule has 0 unspecified atom stereocenters. The number of aryl methyl sites for hydroxylation is 1. The number of hydrogen-bond acceptors (Lipinski definition) is 7. The lowest BCUT2D eigenvalue weighted by Gasteiger charge is -2.09. The van der Waals surface area contributed by atoms with Crippen LogP contribution in [0.15, 0.2) is 53.7 Å². The maximum Gasteiger partial charge on any atom is 0.338 e. The summed E-state index contributed by atoms with van der Waals surface area (Å²) < 4.78 is 7.00. The summed E-state index contributed by atoms with van der Waals surface area (Å²) >= 11 is 1.25. The summed E-state index contributed by atoms with van der Waals surface area (Å²) in [5.74, 6) is -0.133. The Kier molecular flexibility index (Phi) is 9.42. The van der Waals surface area contributed by atoms with Gasteiger partial charge in [0.1, 0.15) is 0 Å². The summed E-state index contributed by atoms with van der Waals surface area (Å²) in [5.41, 5.74) is 2.49. The number of ether oxygens (including phenoxy) is 1. The van der Waals surface area contributed by atoms with Gasteiger partial charge in [0.2, 0.25) is 5.91 Å². The molecule has 3 aromatic rings. The minimum absolute atomic E-state index is 0.109. The van der Waals surface area contributed by atoms with E-state index >= 15 is 0 Å². The molecule has 2 aromatic carbocycles. The van der Waals surface area contributed by atoms with Gasteiger partial charge in [-0.3, -0.25) is 9.59 Å². The number of aromatic nitrogens is 3. The minimum atomic E-state index is -0.421. The zero-order valence-electron chi connectivity index (χ0n) is 20.0. The van der Waals surface area contributed by atoms with Gasteiger partial charge in [0.05, 0.1) is 24.5 Å². The SMILES string of the molecule is CCCOC(=O)c1cccc(NC(=O)CSc2nnc(CNC(=O)c3cccc(C)c3)n2CC)c1. The highest BCUT2D eigenvalue weighted by atomic mass is 32.2. The molecule has 0 saturated carbocycles. The normalized spacial score (nSPS) is 10.6. The van der Waals surface area contributed by atoms with Gasteiger partial charge in [-0.1, -0.05) is 42.4 Å². The number of nitrogens with zero attached hydrogens (tertiary/aromatic N) is 3. The third kappa shape index (κ3) is 7.41. The summed E-state index contributed by atoms with van der Waals surface area (Å²) in [6.45, 7) is 6.97. The lowest BCUT2D eigenvalue weighted by molar-refractivity contribution is -0.113. The van der Waals surface area contributed by atoms with Crippen molar-refractivity contribution in [2.24, 2.45) is 0 Å². The molecule has 0 radical (unpaired) electrons. The first-order valence-corrected chi connectivity index (χ1v) is 12.4. The van der Waals surface area contributed by atoms with Crippen molar-refractivity contribution in [2.75, 3.05) is 17.7 Å². The fraction of sp³-hybridized carbons (Fsp3) is 0.320. The smallest absolute Gasteiger partial charge is 0.338 e. The molecule has 1 heterocycles. The van der Waals surface area contributed by atoms with E-state index in [2.05, 4.69) is 20.8 Å². The highest BCUT2D eigenvalue weighted by Gasteiger charge is 2.15. The second kappa shape index (κ2) is 12.7. The molecule has 2 N–H and O–H groups in total. The van der Waals surface area contributed by atoms with Crippen molar-refractivity contribution in [3.63, 3.8) is 0 Å². The number of nitrogens with one attached hydrogen (secondary N) is 2. The predicted molar refractivity (Wildman–Crippen MR) is 134 cm³/mol. The molecule has 2 amide bonds. The van der Waals surface area contributed by atoms with E-state index in [1.807, 2.05) is 43.5 Å². The number of hydrogen-bond donors (Lipinski definition) is 2. The van der Waals surface area contributed by atoms with Crippen LogP contribution in [0.4, 0.5) is 5.69 Å². The summed E-state index contributed by atoms with van der Waals surface area (Å²) in [5, 5.41) is 14.6. The third-order valence-corrected chi connectivity index (χ3v) is 5.92. The van der Waals surface area contributed by atoms with Crippen LogP contribution in [0.2, 0.25) is 0 Å². The van der Waals surface area contributed by atoms with Crippen LogP contribution in [0, 0.1) is 6.92 Å². The van der Waals surface area contributed by atoms with Gasteiger partial charge in [0, 0.05) is 17.8 Å². The van der Waals surface area contributed by atoms with Gasteiger partial charge in [0.25, 0.3) is 5.91 Å². The van der Waals surface area contributed by atoms with Crippen LogP contribution in [0.5, 0.6) is 0 Å². The van der Waals surface area contributed by atoms with E-state index in [-0.39, 0.29) is 24.1 Å². The van der Waals surface area contributed by atoms with Crippen molar-refractivity contribution in [2.45, 2.75) is 45.4 Å². The molecule has 35 heavy (non-hydrogen) atoms. The van der Waals surface area contributed by atoms with E-state index in [0.717, 1.165) is 12.0 Å². The molecule has 10 heteroatoms. The number of carbonyl (C=O) groups is 3. The Bertz CT molecular complexity index is 1190. The topological polar surface area (TPSA) is 115 Å². The van der Waals surface area contributed by atoms with Gasteiger partial charge in [-0.2, -0.15) is 0 Å². The monoisotopic (exact) mass is 495 g/mol. The molecule has 0 saturated heterocycles. The zero-order chi connectivity index (χ0) is 25.2. The Morgan fingerprint density at radius 1 is 1.03 bits per heavy atom. The molecule has 0 aliphatic rings. The molecule has 0 aliphatic carbocycles. The van der Waals surface area contributed by atoms with E-state index in [1.165, 1.54) is 11.8 Å². The van der Waals surface area contributed by atoms with Crippen LogP contribution < -0.4 is 10.6 Å². The second-order valence-electron chi connectivity index (χ2n) is 7.75. The molecule has 184 valence electrons. The van der Waals surface area contributed by atoms with E-state index < -0.39 is 5.97 Å². The van der Waals surface area contributed by atoms with Gasteiger partial charge < -0.3 is 19.9 Å². The van der Waals surface area contributed by atoms with Crippen LogP contribution in [0.1, 0.15) is 52.4 Å². The van der Waals surface area contributed by atoms with Crippen molar-refractivity contribution in [1.29, 1.82) is 0 Å². The van der Waals surface area contributed by atoms with Crippen molar-refractivity contribution in [3.8, 4) is 0 Å². The lowest BCUT2D eigenvalue weighted by Crippen LogP contribution is -2.25. The molecule has 0 fully saturated rings. The van der Waals surface area contributed by atoms with E-state index in [1.54, 1.807) is 30.3 Å². The van der Waals surface area contributed by atoms with Gasteiger partial charge in [-0.25, -0.2) is 4.79 Å². The maximum atomic E-state index is 12.5.